The first-order chi connectivity index (χ1) is 13.5. The summed E-state index contributed by atoms with van der Waals surface area (Å²) < 4.78 is 1.94. The van der Waals surface area contributed by atoms with Crippen molar-refractivity contribution >= 4 is 40.3 Å². The number of hydrogen-bond donors (Lipinski definition) is 1. The first-order valence-corrected chi connectivity index (χ1v) is 9.95. The number of primary amides is 1. The van der Waals surface area contributed by atoms with Crippen LogP contribution < -0.4 is 10.6 Å². The molecule has 0 bridgehead atoms. The number of anilines is 1. The van der Waals surface area contributed by atoms with Gasteiger partial charge in [-0.3, -0.25) is 4.79 Å². The Morgan fingerprint density at radius 1 is 1.25 bits per heavy atom. The number of amides is 1. The molecular formula is C21H20Cl2N4O. The van der Waals surface area contributed by atoms with E-state index in [1.165, 1.54) is 0 Å². The van der Waals surface area contributed by atoms with Gasteiger partial charge in [0.25, 0.3) is 0 Å². The predicted octanol–water partition coefficient (Wildman–Crippen LogP) is 4.49. The fraction of sp³-hybridized carbons (Fsp3) is 0.238. The minimum absolute atomic E-state index is 0.338. The largest absolute Gasteiger partial charge is 0.366 e. The molecule has 144 valence electrons. The van der Waals surface area contributed by atoms with E-state index in [4.69, 9.17) is 34.0 Å². The van der Waals surface area contributed by atoms with Crippen molar-refractivity contribution in [2.24, 2.45) is 5.73 Å². The van der Waals surface area contributed by atoms with Crippen molar-refractivity contribution in [1.29, 1.82) is 0 Å². The van der Waals surface area contributed by atoms with Crippen molar-refractivity contribution in [2.75, 3.05) is 18.0 Å². The molecule has 28 heavy (non-hydrogen) atoms. The highest BCUT2D eigenvalue weighted by Crippen LogP contribution is 2.35. The van der Waals surface area contributed by atoms with Gasteiger partial charge in [0.2, 0.25) is 5.91 Å². The molecule has 0 fully saturated rings. The Bertz CT molecular complexity index is 1100. The normalized spacial score (nSPS) is 14.4. The summed E-state index contributed by atoms with van der Waals surface area (Å²) in [7, 11) is 0. The van der Waals surface area contributed by atoms with Gasteiger partial charge in [-0.2, -0.15) is 5.10 Å². The summed E-state index contributed by atoms with van der Waals surface area (Å²) in [5.41, 5.74) is 11.0. The average molecular weight is 415 g/mol. The molecule has 1 aromatic carbocycles. The van der Waals surface area contributed by atoms with E-state index in [1.54, 1.807) is 6.07 Å². The minimum atomic E-state index is -0.338. The maximum atomic E-state index is 11.4. The lowest BCUT2D eigenvalue weighted by Gasteiger charge is -2.27. The van der Waals surface area contributed by atoms with E-state index in [-0.39, 0.29) is 5.91 Å². The van der Waals surface area contributed by atoms with E-state index >= 15 is 0 Å². The summed E-state index contributed by atoms with van der Waals surface area (Å²) in [5.74, 6) is -0.338. The molecule has 3 aromatic rings. The molecule has 4 rings (SSSR count). The van der Waals surface area contributed by atoms with Crippen LogP contribution in [0.3, 0.4) is 0 Å². The molecule has 0 unspecified atom stereocenters. The van der Waals surface area contributed by atoms with Gasteiger partial charge in [-0.25, -0.2) is 4.52 Å². The third kappa shape index (κ3) is 3.25. The van der Waals surface area contributed by atoms with Gasteiger partial charge >= 0.3 is 0 Å². The molecule has 0 atom stereocenters. The zero-order chi connectivity index (χ0) is 19.8. The van der Waals surface area contributed by atoms with E-state index in [0.29, 0.717) is 28.6 Å². The van der Waals surface area contributed by atoms with Crippen LogP contribution in [-0.2, 0) is 11.2 Å². The number of nitrogens with zero attached hydrogens (tertiary/aromatic N) is 3. The lowest BCUT2D eigenvalue weighted by atomic mass is 10.1. The van der Waals surface area contributed by atoms with Crippen molar-refractivity contribution in [1.82, 2.24) is 9.61 Å². The summed E-state index contributed by atoms with van der Waals surface area (Å²) >= 11 is 12.5. The van der Waals surface area contributed by atoms with E-state index < -0.39 is 0 Å². The van der Waals surface area contributed by atoms with Crippen LogP contribution in [0.1, 0.15) is 19.0 Å². The monoisotopic (exact) mass is 414 g/mol. The van der Waals surface area contributed by atoms with Crippen LogP contribution in [0.25, 0.3) is 16.8 Å². The van der Waals surface area contributed by atoms with E-state index in [1.807, 2.05) is 34.9 Å². The third-order valence-corrected chi connectivity index (χ3v) is 5.63. The molecule has 0 radical (unpaired) electrons. The highest BCUT2D eigenvalue weighted by molar-refractivity contribution is 6.36. The minimum Gasteiger partial charge on any atom is -0.366 e. The second-order valence-electron chi connectivity index (χ2n) is 6.77. The topological polar surface area (TPSA) is 63.6 Å². The molecular weight excluding hydrogens is 395 g/mol. The summed E-state index contributed by atoms with van der Waals surface area (Å²) in [6.07, 6.45) is 3.35. The molecule has 0 saturated carbocycles. The van der Waals surface area contributed by atoms with Crippen LogP contribution in [-0.4, -0.2) is 28.6 Å². The fourth-order valence-corrected chi connectivity index (χ4v) is 4.19. The molecule has 0 saturated heterocycles. The molecule has 2 N–H and O–H groups in total. The van der Waals surface area contributed by atoms with Gasteiger partial charge in [0, 0.05) is 29.2 Å². The van der Waals surface area contributed by atoms with Crippen molar-refractivity contribution in [3.05, 3.63) is 63.8 Å². The lowest BCUT2D eigenvalue weighted by Crippen LogP contribution is -2.32. The Balaban J connectivity index is 1.84. The number of hydrogen-bond acceptors (Lipinski definition) is 3. The van der Waals surface area contributed by atoms with Gasteiger partial charge in [0.1, 0.15) is 0 Å². The number of carbonyl (C=O) groups excluding carboxylic acids is 1. The van der Waals surface area contributed by atoms with Gasteiger partial charge in [-0.1, -0.05) is 42.3 Å². The quantitative estimate of drug-likeness (QED) is 0.683. The number of benzene rings is 1. The number of carbonyl (C=O) groups is 1. The molecule has 0 aliphatic carbocycles. The van der Waals surface area contributed by atoms with Crippen molar-refractivity contribution < 1.29 is 4.79 Å². The standard InChI is InChI=1S/C21H20Cl2N4O/c1-2-17-20(26-10-8-13(9-11-26)21(24)28)19-5-3-4-18(27(19)25-17)15-7-6-14(22)12-16(15)23/h3-8,12H,2,9-11H2,1H3,(H2,24,28). The molecule has 5 nitrogen and oxygen atoms in total. The number of aryl methyl sites for hydroxylation is 1. The predicted molar refractivity (Wildman–Crippen MR) is 114 cm³/mol. The number of aromatic nitrogens is 2. The highest BCUT2D eigenvalue weighted by Gasteiger charge is 2.23. The van der Waals surface area contributed by atoms with Crippen LogP contribution in [0.15, 0.2) is 48.0 Å². The smallest absolute Gasteiger partial charge is 0.244 e. The maximum Gasteiger partial charge on any atom is 0.244 e. The number of pyridine rings is 1. The molecule has 7 heteroatoms. The summed E-state index contributed by atoms with van der Waals surface area (Å²) in [6.45, 7) is 3.46. The molecule has 2 aromatic heterocycles. The Morgan fingerprint density at radius 3 is 2.71 bits per heavy atom. The van der Waals surface area contributed by atoms with Gasteiger partial charge in [-0.05, 0) is 43.2 Å². The van der Waals surface area contributed by atoms with E-state index in [0.717, 1.165) is 41.1 Å². The Morgan fingerprint density at radius 2 is 2.07 bits per heavy atom. The van der Waals surface area contributed by atoms with Crippen LogP contribution in [0.5, 0.6) is 0 Å². The molecule has 1 amide bonds. The SMILES string of the molecule is CCc1nn2c(-c3ccc(Cl)cc3Cl)cccc2c1N1CC=C(C(N)=O)CC1. The van der Waals surface area contributed by atoms with Gasteiger partial charge in [0.05, 0.1) is 27.6 Å². The van der Waals surface area contributed by atoms with Gasteiger partial charge < -0.3 is 10.6 Å². The average Bonchev–Trinajstić information content (AvgIpc) is 3.07. The molecule has 0 spiro atoms. The summed E-state index contributed by atoms with van der Waals surface area (Å²) in [5, 5.41) is 6.06. The zero-order valence-corrected chi connectivity index (χ0v) is 17.0. The lowest BCUT2D eigenvalue weighted by molar-refractivity contribution is -0.114. The maximum absolute atomic E-state index is 11.4. The Labute approximate surface area is 173 Å². The van der Waals surface area contributed by atoms with Crippen LogP contribution in [0.2, 0.25) is 10.0 Å². The van der Waals surface area contributed by atoms with Gasteiger partial charge in [0.15, 0.2) is 0 Å². The van der Waals surface area contributed by atoms with Crippen LogP contribution in [0.4, 0.5) is 5.69 Å². The summed E-state index contributed by atoms with van der Waals surface area (Å²) in [6, 6.07) is 11.5. The highest BCUT2D eigenvalue weighted by atomic mass is 35.5. The Kier molecular flexibility index (Phi) is 5.04. The Hall–Kier alpha value is -2.50. The first kappa shape index (κ1) is 18.8. The zero-order valence-electron chi connectivity index (χ0n) is 15.5. The number of nitrogens with two attached hydrogens (primary N) is 1. The van der Waals surface area contributed by atoms with E-state index in [2.05, 4.69) is 17.9 Å². The molecule has 1 aliphatic heterocycles. The second-order valence-corrected chi connectivity index (χ2v) is 7.61. The van der Waals surface area contributed by atoms with Crippen molar-refractivity contribution in [2.45, 2.75) is 19.8 Å². The molecule has 3 heterocycles. The van der Waals surface area contributed by atoms with Crippen molar-refractivity contribution in [3.8, 4) is 11.3 Å². The fourth-order valence-electron chi connectivity index (χ4n) is 3.68. The van der Waals surface area contributed by atoms with Crippen LogP contribution in [0, 0.1) is 0 Å². The molecule has 1 aliphatic rings. The first-order valence-electron chi connectivity index (χ1n) is 9.19. The number of fused-ring (bicyclic) bond motifs is 1. The van der Waals surface area contributed by atoms with Crippen molar-refractivity contribution in [3.63, 3.8) is 0 Å². The summed E-state index contributed by atoms with van der Waals surface area (Å²) in [4.78, 5) is 13.7. The third-order valence-electron chi connectivity index (χ3n) is 5.09. The van der Waals surface area contributed by atoms with Gasteiger partial charge in [-0.15, -0.1) is 0 Å². The second kappa shape index (κ2) is 7.49. The van der Waals surface area contributed by atoms with E-state index in [9.17, 15) is 4.79 Å². The van der Waals surface area contributed by atoms with Crippen LogP contribution >= 0.6 is 23.2 Å². The number of halogens is 2. The number of rotatable bonds is 4.